The van der Waals surface area contributed by atoms with Crippen molar-refractivity contribution in [3.63, 3.8) is 0 Å². The standard InChI is InChI=1S/C15H19Cl2NO4/c16-11-1-2-12(17)13(9-11)22-10-14(20)18-15(3-6-19)4-7-21-8-5-15/h1-2,9,19H,3-8,10H2,(H,18,20). The Morgan fingerprint density at radius 1 is 1.36 bits per heavy atom. The van der Waals surface area contributed by atoms with E-state index in [0.717, 1.165) is 0 Å². The van der Waals surface area contributed by atoms with Crippen molar-refractivity contribution in [1.29, 1.82) is 0 Å². The third-order valence-electron chi connectivity index (χ3n) is 3.70. The number of carbonyl (C=O) groups excluding carboxylic acids is 1. The Morgan fingerprint density at radius 2 is 2.09 bits per heavy atom. The number of nitrogens with one attached hydrogen (secondary N) is 1. The van der Waals surface area contributed by atoms with E-state index in [1.54, 1.807) is 18.2 Å². The second-order valence-electron chi connectivity index (χ2n) is 5.28. The lowest BCUT2D eigenvalue weighted by molar-refractivity contribution is -0.126. The normalized spacial score (nSPS) is 17.0. The first-order valence-corrected chi connectivity index (χ1v) is 7.88. The summed E-state index contributed by atoms with van der Waals surface area (Å²) in [4.78, 5) is 12.1. The fraction of sp³-hybridized carbons (Fsp3) is 0.533. The highest BCUT2D eigenvalue weighted by atomic mass is 35.5. The van der Waals surface area contributed by atoms with Crippen LogP contribution < -0.4 is 10.1 Å². The highest BCUT2D eigenvalue weighted by Gasteiger charge is 2.33. The van der Waals surface area contributed by atoms with Gasteiger partial charge in [0.05, 0.1) is 5.02 Å². The van der Waals surface area contributed by atoms with Gasteiger partial charge in [-0.05, 0) is 31.4 Å². The lowest BCUT2D eigenvalue weighted by Gasteiger charge is -2.37. The molecule has 1 aromatic carbocycles. The van der Waals surface area contributed by atoms with Gasteiger partial charge in [-0.15, -0.1) is 0 Å². The molecule has 0 aliphatic carbocycles. The molecule has 5 nitrogen and oxygen atoms in total. The van der Waals surface area contributed by atoms with Gasteiger partial charge in [0, 0.05) is 36.4 Å². The zero-order valence-corrected chi connectivity index (χ0v) is 13.6. The molecule has 1 aliphatic rings. The summed E-state index contributed by atoms with van der Waals surface area (Å²) in [6.45, 7) is 0.998. The van der Waals surface area contributed by atoms with Gasteiger partial charge in [-0.3, -0.25) is 4.79 Å². The van der Waals surface area contributed by atoms with E-state index in [1.165, 1.54) is 0 Å². The maximum absolute atomic E-state index is 12.1. The van der Waals surface area contributed by atoms with Gasteiger partial charge < -0.3 is 19.9 Å². The molecule has 0 aromatic heterocycles. The van der Waals surface area contributed by atoms with E-state index < -0.39 is 5.54 Å². The largest absolute Gasteiger partial charge is 0.482 e. The third-order valence-corrected chi connectivity index (χ3v) is 4.24. The minimum absolute atomic E-state index is 0.0151. The summed E-state index contributed by atoms with van der Waals surface area (Å²) in [6.07, 6.45) is 1.86. The van der Waals surface area contributed by atoms with Gasteiger partial charge in [0.15, 0.2) is 6.61 Å². The number of amides is 1. The van der Waals surface area contributed by atoms with E-state index >= 15 is 0 Å². The van der Waals surface area contributed by atoms with E-state index in [9.17, 15) is 9.90 Å². The van der Waals surface area contributed by atoms with E-state index in [-0.39, 0.29) is 19.1 Å². The topological polar surface area (TPSA) is 67.8 Å². The zero-order valence-electron chi connectivity index (χ0n) is 12.1. The van der Waals surface area contributed by atoms with Crippen LogP contribution in [0.25, 0.3) is 0 Å². The molecule has 0 saturated carbocycles. The number of aliphatic hydroxyl groups is 1. The first-order valence-electron chi connectivity index (χ1n) is 7.12. The number of aliphatic hydroxyl groups excluding tert-OH is 1. The fourth-order valence-corrected chi connectivity index (χ4v) is 2.81. The van der Waals surface area contributed by atoms with Crippen LogP contribution in [-0.2, 0) is 9.53 Å². The van der Waals surface area contributed by atoms with Crippen LogP contribution >= 0.6 is 23.2 Å². The molecule has 0 spiro atoms. The minimum Gasteiger partial charge on any atom is -0.482 e. The molecule has 0 radical (unpaired) electrons. The summed E-state index contributed by atoms with van der Waals surface area (Å²) in [5.41, 5.74) is -0.425. The zero-order chi connectivity index (χ0) is 16.0. The molecule has 1 amide bonds. The number of benzene rings is 1. The Labute approximate surface area is 139 Å². The summed E-state index contributed by atoms with van der Waals surface area (Å²) in [5, 5.41) is 13.1. The van der Waals surface area contributed by atoms with Crippen molar-refractivity contribution in [3.05, 3.63) is 28.2 Å². The second-order valence-corrected chi connectivity index (χ2v) is 6.12. The van der Waals surface area contributed by atoms with E-state index in [4.69, 9.17) is 32.7 Å². The van der Waals surface area contributed by atoms with Crippen molar-refractivity contribution in [2.45, 2.75) is 24.8 Å². The van der Waals surface area contributed by atoms with Crippen molar-refractivity contribution in [1.82, 2.24) is 5.32 Å². The minimum atomic E-state index is -0.425. The van der Waals surface area contributed by atoms with Crippen LogP contribution in [0.5, 0.6) is 5.75 Å². The molecular formula is C15H19Cl2NO4. The molecule has 0 unspecified atom stereocenters. The van der Waals surface area contributed by atoms with Crippen molar-refractivity contribution < 1.29 is 19.4 Å². The number of halogens is 2. The summed E-state index contributed by atoms with van der Waals surface area (Å²) in [7, 11) is 0. The molecule has 7 heteroatoms. The Hall–Kier alpha value is -1.01. The smallest absolute Gasteiger partial charge is 0.258 e. The van der Waals surface area contributed by atoms with Crippen LogP contribution in [0, 0.1) is 0 Å². The van der Waals surface area contributed by atoms with Crippen LogP contribution in [0.3, 0.4) is 0 Å². The molecule has 0 atom stereocenters. The molecule has 1 aliphatic heterocycles. The van der Waals surface area contributed by atoms with E-state index in [2.05, 4.69) is 5.32 Å². The third kappa shape index (κ3) is 4.74. The predicted octanol–water partition coefficient (Wildman–Crippen LogP) is 2.42. The van der Waals surface area contributed by atoms with Gasteiger partial charge in [0.2, 0.25) is 0 Å². The Bertz CT molecular complexity index is 513. The van der Waals surface area contributed by atoms with Crippen LogP contribution in [-0.4, -0.2) is 43.0 Å². The molecule has 1 fully saturated rings. The lowest BCUT2D eigenvalue weighted by Crippen LogP contribution is -2.53. The molecule has 0 bridgehead atoms. The van der Waals surface area contributed by atoms with E-state index in [0.29, 0.717) is 48.3 Å². The van der Waals surface area contributed by atoms with Crippen molar-refractivity contribution in [2.75, 3.05) is 26.4 Å². The summed E-state index contributed by atoms with van der Waals surface area (Å²) in [5.74, 6) is 0.110. The average Bonchev–Trinajstić information content (AvgIpc) is 2.49. The molecular weight excluding hydrogens is 329 g/mol. The van der Waals surface area contributed by atoms with Gasteiger partial charge in [-0.25, -0.2) is 0 Å². The van der Waals surface area contributed by atoms with Crippen molar-refractivity contribution >= 4 is 29.1 Å². The first kappa shape index (κ1) is 17.3. The summed E-state index contributed by atoms with van der Waals surface area (Å²) in [6, 6.07) is 4.83. The maximum atomic E-state index is 12.1. The number of rotatable bonds is 6. The molecule has 1 heterocycles. The predicted molar refractivity (Wildman–Crippen MR) is 84.6 cm³/mol. The van der Waals surface area contributed by atoms with Crippen LogP contribution in [0.2, 0.25) is 10.0 Å². The van der Waals surface area contributed by atoms with Gasteiger partial charge in [0.1, 0.15) is 5.75 Å². The second kappa shape index (κ2) is 8.02. The quantitative estimate of drug-likeness (QED) is 0.829. The molecule has 1 aromatic rings. The van der Waals surface area contributed by atoms with Gasteiger partial charge >= 0.3 is 0 Å². The van der Waals surface area contributed by atoms with Crippen LogP contribution in [0.4, 0.5) is 0 Å². The molecule has 122 valence electrons. The highest BCUT2D eigenvalue weighted by Crippen LogP contribution is 2.28. The Morgan fingerprint density at radius 3 is 2.77 bits per heavy atom. The SMILES string of the molecule is O=C(COc1cc(Cl)ccc1Cl)NC1(CCO)CCOCC1. The maximum Gasteiger partial charge on any atom is 0.258 e. The van der Waals surface area contributed by atoms with Gasteiger partial charge in [-0.1, -0.05) is 23.2 Å². The van der Waals surface area contributed by atoms with Crippen molar-refractivity contribution in [2.24, 2.45) is 0 Å². The number of ether oxygens (including phenoxy) is 2. The van der Waals surface area contributed by atoms with Crippen molar-refractivity contribution in [3.8, 4) is 5.75 Å². The first-order chi connectivity index (χ1) is 10.5. The van der Waals surface area contributed by atoms with Crippen LogP contribution in [0.1, 0.15) is 19.3 Å². The summed E-state index contributed by atoms with van der Waals surface area (Å²) < 4.78 is 10.7. The number of hydrogen-bond acceptors (Lipinski definition) is 4. The summed E-state index contributed by atoms with van der Waals surface area (Å²) >= 11 is 11.9. The monoisotopic (exact) mass is 347 g/mol. The van der Waals surface area contributed by atoms with Gasteiger partial charge in [0.25, 0.3) is 5.91 Å². The average molecular weight is 348 g/mol. The molecule has 22 heavy (non-hydrogen) atoms. The van der Waals surface area contributed by atoms with E-state index in [1.807, 2.05) is 0 Å². The van der Waals surface area contributed by atoms with Crippen LogP contribution in [0.15, 0.2) is 18.2 Å². The molecule has 2 rings (SSSR count). The number of hydrogen-bond donors (Lipinski definition) is 2. The Kier molecular flexibility index (Phi) is 6.32. The Balaban J connectivity index is 1.92. The van der Waals surface area contributed by atoms with Gasteiger partial charge in [-0.2, -0.15) is 0 Å². The fourth-order valence-electron chi connectivity index (χ4n) is 2.48. The molecule has 1 saturated heterocycles. The highest BCUT2D eigenvalue weighted by molar-refractivity contribution is 6.34. The molecule has 2 N–H and O–H groups in total. The number of carbonyl (C=O) groups is 1. The lowest BCUT2D eigenvalue weighted by atomic mass is 9.87.